The second-order valence-corrected chi connectivity index (χ2v) is 12.7. The van der Waals surface area contributed by atoms with Crippen molar-refractivity contribution in [2.24, 2.45) is 0 Å². The summed E-state index contributed by atoms with van der Waals surface area (Å²) in [6.45, 7) is -2.12. The van der Waals surface area contributed by atoms with Gasteiger partial charge in [-0.15, -0.1) is 22.2 Å². The summed E-state index contributed by atoms with van der Waals surface area (Å²) in [7, 11) is 0. The van der Waals surface area contributed by atoms with Crippen LogP contribution in [0.5, 0.6) is 5.75 Å². The van der Waals surface area contributed by atoms with Gasteiger partial charge in [0.1, 0.15) is 5.75 Å². The fraction of sp³-hybridized carbons (Fsp3) is 0.571. The number of hydrogen-bond acceptors (Lipinski definition) is 1. The summed E-state index contributed by atoms with van der Waals surface area (Å²) >= 11 is 13.3. The molecule has 0 spiro atoms. The van der Waals surface area contributed by atoms with Crippen LogP contribution in [-0.2, 0) is 6.42 Å². The van der Waals surface area contributed by atoms with Gasteiger partial charge in [-0.2, -0.15) is 0 Å². The Morgan fingerprint density at radius 3 is 2.28 bits per heavy atom. The van der Waals surface area contributed by atoms with Gasteiger partial charge in [0.25, 0.3) is 6.69 Å². The first-order valence-electron chi connectivity index (χ1n) is 6.74. The Kier molecular flexibility index (Phi) is 4.99. The first-order valence-corrected chi connectivity index (χ1v) is 11.0. The molecule has 1 N–H and O–H groups in total. The highest BCUT2D eigenvalue weighted by Gasteiger charge is 2.38. The van der Waals surface area contributed by atoms with Crippen molar-refractivity contribution in [1.82, 2.24) is 0 Å². The molecule has 1 aliphatic carbocycles. The molecule has 0 atom stereocenters. The van der Waals surface area contributed by atoms with Crippen LogP contribution in [0.3, 0.4) is 0 Å². The molecule has 1 saturated carbocycles. The minimum atomic E-state index is -2.12. The lowest BCUT2D eigenvalue weighted by Gasteiger charge is -2.30. The predicted molar refractivity (Wildman–Crippen MR) is 80.9 cm³/mol. The van der Waals surface area contributed by atoms with Crippen molar-refractivity contribution in [3.8, 4) is 5.75 Å². The summed E-state index contributed by atoms with van der Waals surface area (Å²) < 4.78 is 0. The lowest BCUT2D eigenvalue weighted by molar-refractivity contribution is 0.475. The Bertz CT molecular complexity index is 372. The molecule has 1 nitrogen and oxygen atoms in total. The molecule has 4 heteroatoms. The number of phenols is 1. The van der Waals surface area contributed by atoms with Crippen LogP contribution in [0, 0.1) is 0 Å². The first-order chi connectivity index (χ1) is 8.58. The first kappa shape index (κ1) is 14.2. The molecule has 18 heavy (non-hydrogen) atoms. The van der Waals surface area contributed by atoms with E-state index in [0.29, 0.717) is 11.3 Å². The van der Waals surface area contributed by atoms with Crippen molar-refractivity contribution in [3.63, 3.8) is 0 Å². The van der Waals surface area contributed by atoms with Crippen molar-refractivity contribution >= 4 is 28.9 Å². The fourth-order valence-corrected chi connectivity index (χ4v) is 6.86. The zero-order valence-corrected chi connectivity index (χ0v) is 13.1. The average molecular weight is 303 g/mol. The van der Waals surface area contributed by atoms with E-state index in [9.17, 15) is 5.11 Å². The van der Waals surface area contributed by atoms with E-state index in [1.54, 1.807) is 12.1 Å². The minimum Gasteiger partial charge on any atom is -0.508 e. The molecule has 1 fully saturated rings. The Balaban J connectivity index is 1.89. The quantitative estimate of drug-likeness (QED) is 0.599. The van der Waals surface area contributed by atoms with Crippen LogP contribution >= 0.6 is 22.2 Å². The Hall–Kier alpha value is -0.183. The molecule has 0 aromatic heterocycles. The lowest BCUT2D eigenvalue weighted by atomic mass is 10.0. The lowest BCUT2D eigenvalue weighted by Crippen LogP contribution is -2.29. The van der Waals surface area contributed by atoms with Gasteiger partial charge in [-0.05, 0) is 35.7 Å². The molecular formula is C14H20Cl2OSi. The van der Waals surface area contributed by atoms with E-state index in [2.05, 4.69) is 0 Å². The maximum atomic E-state index is 9.25. The average Bonchev–Trinajstić information content (AvgIpc) is 2.39. The zero-order valence-electron chi connectivity index (χ0n) is 10.5. The highest BCUT2D eigenvalue weighted by molar-refractivity contribution is 7.46. The van der Waals surface area contributed by atoms with Crippen LogP contribution in [-0.4, -0.2) is 11.8 Å². The van der Waals surface area contributed by atoms with Crippen molar-refractivity contribution < 1.29 is 5.11 Å². The van der Waals surface area contributed by atoms with Crippen LogP contribution < -0.4 is 0 Å². The van der Waals surface area contributed by atoms with E-state index in [1.807, 2.05) is 12.1 Å². The monoisotopic (exact) mass is 302 g/mol. The molecule has 1 aromatic carbocycles. The number of halogens is 2. The van der Waals surface area contributed by atoms with Crippen molar-refractivity contribution in [1.29, 1.82) is 0 Å². The van der Waals surface area contributed by atoms with Gasteiger partial charge >= 0.3 is 0 Å². The number of benzene rings is 1. The third-order valence-electron chi connectivity index (χ3n) is 3.89. The molecule has 0 unspecified atom stereocenters. The van der Waals surface area contributed by atoms with Crippen LogP contribution in [0.15, 0.2) is 24.3 Å². The normalized spacial score (nSPS) is 17.9. The van der Waals surface area contributed by atoms with Crippen LogP contribution in [0.2, 0.25) is 11.6 Å². The third kappa shape index (κ3) is 3.91. The molecule has 0 radical (unpaired) electrons. The maximum Gasteiger partial charge on any atom is 0.254 e. The van der Waals surface area contributed by atoms with Crippen LogP contribution in [0.1, 0.15) is 37.7 Å². The number of rotatable bonds is 4. The predicted octanol–water partition coefficient (Wildman–Crippen LogP) is 5.19. The Labute approximate surface area is 120 Å². The highest BCUT2D eigenvalue weighted by Crippen LogP contribution is 2.44. The van der Waals surface area contributed by atoms with E-state index in [4.69, 9.17) is 22.2 Å². The maximum absolute atomic E-state index is 9.25. The minimum absolute atomic E-state index is 0.311. The molecule has 100 valence electrons. The molecule has 0 heterocycles. The molecule has 0 amide bonds. The second-order valence-electron chi connectivity index (χ2n) is 5.26. The van der Waals surface area contributed by atoms with Gasteiger partial charge in [0, 0.05) is 0 Å². The van der Waals surface area contributed by atoms with Gasteiger partial charge in [0.05, 0.1) is 0 Å². The standard InChI is InChI=1S/C14H20Cl2OSi/c15-18(16,14-4-2-1-3-5-14)11-10-12-6-8-13(17)9-7-12/h6-9,14,17H,1-5,10-11H2. The summed E-state index contributed by atoms with van der Waals surface area (Å²) in [6.07, 6.45) is 7.28. The van der Waals surface area contributed by atoms with Gasteiger partial charge in [-0.1, -0.05) is 44.2 Å². The molecule has 1 aliphatic rings. The van der Waals surface area contributed by atoms with E-state index >= 15 is 0 Å². The topological polar surface area (TPSA) is 20.2 Å². The van der Waals surface area contributed by atoms with Crippen LogP contribution in [0.4, 0.5) is 0 Å². The Morgan fingerprint density at radius 2 is 1.67 bits per heavy atom. The van der Waals surface area contributed by atoms with Gasteiger partial charge in [-0.25, -0.2) is 0 Å². The van der Waals surface area contributed by atoms with E-state index in [-0.39, 0.29) is 0 Å². The van der Waals surface area contributed by atoms with E-state index in [1.165, 1.54) is 37.7 Å². The van der Waals surface area contributed by atoms with Gasteiger partial charge in [-0.3, -0.25) is 0 Å². The molecular weight excluding hydrogens is 283 g/mol. The summed E-state index contributed by atoms with van der Waals surface area (Å²) in [4.78, 5) is 0. The highest BCUT2D eigenvalue weighted by atomic mass is 35.7. The van der Waals surface area contributed by atoms with Gasteiger partial charge < -0.3 is 5.11 Å². The van der Waals surface area contributed by atoms with E-state index in [0.717, 1.165) is 12.5 Å². The molecule has 2 rings (SSSR count). The smallest absolute Gasteiger partial charge is 0.254 e. The molecule has 0 aliphatic heterocycles. The number of phenolic OH excluding ortho intramolecular Hbond substituents is 1. The summed E-state index contributed by atoms with van der Waals surface area (Å²) in [5.41, 5.74) is 1.79. The Morgan fingerprint density at radius 1 is 1.06 bits per heavy atom. The third-order valence-corrected chi connectivity index (χ3v) is 9.56. The van der Waals surface area contributed by atoms with Crippen molar-refractivity contribution in [2.45, 2.75) is 50.1 Å². The number of aryl methyl sites for hydroxylation is 1. The SMILES string of the molecule is Oc1ccc(CC[Si](Cl)(Cl)C2CCCCC2)cc1. The zero-order chi connectivity index (χ0) is 13.0. The van der Waals surface area contributed by atoms with Crippen molar-refractivity contribution in [2.75, 3.05) is 0 Å². The number of hydrogen-bond donors (Lipinski definition) is 1. The summed E-state index contributed by atoms with van der Waals surface area (Å²) in [6, 6.07) is 8.28. The second kappa shape index (κ2) is 6.31. The van der Waals surface area contributed by atoms with Crippen molar-refractivity contribution in [3.05, 3.63) is 29.8 Å². The summed E-state index contributed by atoms with van der Waals surface area (Å²) in [5.74, 6) is 0.311. The largest absolute Gasteiger partial charge is 0.508 e. The molecule has 0 bridgehead atoms. The molecule has 1 aromatic rings. The van der Waals surface area contributed by atoms with Gasteiger partial charge in [0.2, 0.25) is 0 Å². The van der Waals surface area contributed by atoms with Crippen LogP contribution in [0.25, 0.3) is 0 Å². The fourth-order valence-electron chi connectivity index (χ4n) is 2.70. The van der Waals surface area contributed by atoms with E-state index < -0.39 is 6.69 Å². The van der Waals surface area contributed by atoms with Gasteiger partial charge in [0.15, 0.2) is 0 Å². The number of aromatic hydroxyl groups is 1. The summed E-state index contributed by atoms with van der Waals surface area (Å²) in [5, 5.41) is 9.25. The molecule has 0 saturated heterocycles.